The fourth-order valence-electron chi connectivity index (χ4n) is 1.83. The van der Waals surface area contributed by atoms with Crippen LogP contribution in [0.4, 0.5) is 0 Å². The molecule has 0 radical (unpaired) electrons. The molecule has 0 aromatic carbocycles. The van der Waals surface area contributed by atoms with Crippen molar-refractivity contribution in [1.29, 1.82) is 0 Å². The van der Waals surface area contributed by atoms with E-state index in [1.807, 2.05) is 18.7 Å². The average Bonchev–Trinajstić information content (AvgIpc) is 1.61. The van der Waals surface area contributed by atoms with Gasteiger partial charge in [-0.2, -0.15) is 0 Å². The first-order valence-corrected chi connectivity index (χ1v) is 3.45. The first kappa shape index (κ1) is 5.27. The highest BCUT2D eigenvalue weighted by Gasteiger charge is 2.58. The first-order chi connectivity index (χ1) is 4.14. The van der Waals surface area contributed by atoms with Gasteiger partial charge in [0.2, 0.25) is 5.91 Å². The van der Waals surface area contributed by atoms with Gasteiger partial charge in [0.1, 0.15) is 0 Å². The number of fused-ring (bicyclic) bond motifs is 1. The minimum Gasteiger partial charge on any atom is -0.338 e. The summed E-state index contributed by atoms with van der Waals surface area (Å²) in [4.78, 5) is 13.0. The van der Waals surface area contributed by atoms with Gasteiger partial charge in [-0.25, -0.2) is 0 Å². The maximum absolute atomic E-state index is 11.1. The van der Waals surface area contributed by atoms with Gasteiger partial charge in [-0.1, -0.05) is 0 Å². The molecule has 0 bridgehead atoms. The van der Waals surface area contributed by atoms with Crippen LogP contribution in [-0.4, -0.2) is 23.4 Å². The zero-order valence-corrected chi connectivity index (χ0v) is 5.85. The van der Waals surface area contributed by atoms with Gasteiger partial charge in [-0.3, -0.25) is 4.79 Å². The summed E-state index contributed by atoms with van der Waals surface area (Å²) >= 11 is 0. The zero-order chi connectivity index (χ0) is 6.65. The standard InChI is InChI=1S/C7H11NO/c1-7(2)5-3-4-8(5)6(7)9/h5H,3-4H2,1-2H3. The summed E-state index contributed by atoms with van der Waals surface area (Å²) < 4.78 is 0. The number of rotatable bonds is 0. The Morgan fingerprint density at radius 2 is 2.33 bits per heavy atom. The Morgan fingerprint density at radius 1 is 1.67 bits per heavy atom. The number of carbonyl (C=O) groups excluding carboxylic acids is 1. The van der Waals surface area contributed by atoms with E-state index in [-0.39, 0.29) is 5.41 Å². The molecule has 1 unspecified atom stereocenters. The molecule has 1 atom stereocenters. The Kier molecular flexibility index (Phi) is 0.675. The summed E-state index contributed by atoms with van der Waals surface area (Å²) in [6.45, 7) is 5.08. The number of hydrogen-bond donors (Lipinski definition) is 0. The molecule has 0 saturated carbocycles. The van der Waals surface area contributed by atoms with E-state index in [2.05, 4.69) is 0 Å². The quantitative estimate of drug-likeness (QED) is 0.435. The second kappa shape index (κ2) is 1.15. The number of amides is 1. The van der Waals surface area contributed by atoms with Crippen LogP contribution in [0.1, 0.15) is 20.3 Å². The summed E-state index contributed by atoms with van der Waals surface area (Å²) in [5, 5.41) is 0. The molecule has 2 rings (SSSR count). The Bertz CT molecular complexity index is 174. The predicted molar refractivity (Wildman–Crippen MR) is 33.9 cm³/mol. The zero-order valence-electron chi connectivity index (χ0n) is 5.85. The number of carbonyl (C=O) groups is 1. The molecule has 2 heterocycles. The molecule has 2 aliphatic rings. The van der Waals surface area contributed by atoms with Crippen LogP contribution >= 0.6 is 0 Å². The fourth-order valence-corrected chi connectivity index (χ4v) is 1.83. The first-order valence-electron chi connectivity index (χ1n) is 3.45. The van der Waals surface area contributed by atoms with E-state index in [0.717, 1.165) is 6.54 Å². The third kappa shape index (κ3) is 0.373. The van der Waals surface area contributed by atoms with E-state index in [0.29, 0.717) is 11.9 Å². The van der Waals surface area contributed by atoms with Crippen LogP contribution in [-0.2, 0) is 4.79 Å². The molecule has 9 heavy (non-hydrogen) atoms. The highest BCUT2D eigenvalue weighted by atomic mass is 16.2. The van der Waals surface area contributed by atoms with Crippen LogP contribution in [0.2, 0.25) is 0 Å². The second-order valence-electron chi connectivity index (χ2n) is 3.52. The molecule has 2 nitrogen and oxygen atoms in total. The molecule has 0 aromatic rings. The van der Waals surface area contributed by atoms with Crippen molar-refractivity contribution in [2.24, 2.45) is 5.41 Å². The monoisotopic (exact) mass is 125 g/mol. The summed E-state index contributed by atoms with van der Waals surface area (Å²) in [6.07, 6.45) is 1.22. The number of piperidine rings is 1. The number of β-lactam (4-membered cyclic amide) rings is 1. The smallest absolute Gasteiger partial charge is 0.230 e. The van der Waals surface area contributed by atoms with E-state index in [1.165, 1.54) is 6.42 Å². The van der Waals surface area contributed by atoms with Crippen molar-refractivity contribution in [3.05, 3.63) is 0 Å². The lowest BCUT2D eigenvalue weighted by Crippen LogP contribution is -2.73. The molecule has 2 fully saturated rings. The lowest BCUT2D eigenvalue weighted by molar-refractivity contribution is -0.183. The van der Waals surface area contributed by atoms with Gasteiger partial charge >= 0.3 is 0 Å². The lowest BCUT2D eigenvalue weighted by Gasteiger charge is -2.60. The normalized spacial score (nSPS) is 36.9. The Morgan fingerprint density at radius 3 is 2.44 bits per heavy atom. The van der Waals surface area contributed by atoms with Crippen molar-refractivity contribution in [2.75, 3.05) is 6.54 Å². The molecule has 1 amide bonds. The maximum Gasteiger partial charge on any atom is 0.230 e. The second-order valence-corrected chi connectivity index (χ2v) is 3.52. The van der Waals surface area contributed by atoms with Crippen LogP contribution in [0.15, 0.2) is 0 Å². The Balaban J connectivity index is 2.22. The van der Waals surface area contributed by atoms with Gasteiger partial charge < -0.3 is 4.90 Å². The van der Waals surface area contributed by atoms with Crippen LogP contribution in [0.5, 0.6) is 0 Å². The van der Waals surface area contributed by atoms with E-state index in [4.69, 9.17) is 0 Å². The molecule has 0 aliphatic carbocycles. The molecule has 2 heteroatoms. The largest absolute Gasteiger partial charge is 0.338 e. The number of hydrogen-bond acceptors (Lipinski definition) is 1. The summed E-state index contributed by atoms with van der Waals surface area (Å²) in [6, 6.07) is 0.588. The predicted octanol–water partition coefficient (Wildman–Crippen LogP) is 0.627. The molecular formula is C7H11NO. The van der Waals surface area contributed by atoms with Gasteiger partial charge in [-0.05, 0) is 20.3 Å². The van der Waals surface area contributed by atoms with Crippen molar-refractivity contribution in [2.45, 2.75) is 26.3 Å². The van der Waals surface area contributed by atoms with Crippen molar-refractivity contribution < 1.29 is 4.79 Å². The SMILES string of the molecule is CC1(C)C(=O)N2CCC21. The van der Waals surface area contributed by atoms with E-state index in [1.54, 1.807) is 0 Å². The average molecular weight is 125 g/mol. The topological polar surface area (TPSA) is 20.3 Å². The van der Waals surface area contributed by atoms with Gasteiger partial charge in [-0.15, -0.1) is 0 Å². The van der Waals surface area contributed by atoms with Gasteiger partial charge in [0.25, 0.3) is 0 Å². The maximum atomic E-state index is 11.1. The third-order valence-corrected chi connectivity index (χ3v) is 2.66. The molecular weight excluding hydrogens is 114 g/mol. The highest BCUT2D eigenvalue weighted by molar-refractivity contribution is 5.90. The fraction of sp³-hybridized carbons (Fsp3) is 0.857. The van der Waals surface area contributed by atoms with Gasteiger partial charge in [0.15, 0.2) is 0 Å². The minimum atomic E-state index is -0.0156. The van der Waals surface area contributed by atoms with Crippen LogP contribution in [0.25, 0.3) is 0 Å². The molecule has 0 aromatic heterocycles. The van der Waals surface area contributed by atoms with Crippen LogP contribution in [0.3, 0.4) is 0 Å². The molecule has 0 spiro atoms. The van der Waals surface area contributed by atoms with Gasteiger partial charge in [0.05, 0.1) is 5.41 Å². The molecule has 2 aliphatic heterocycles. The molecule has 2 saturated heterocycles. The van der Waals surface area contributed by atoms with Crippen LogP contribution < -0.4 is 0 Å². The summed E-state index contributed by atoms with van der Waals surface area (Å²) in [5.74, 6) is 0.346. The Hall–Kier alpha value is -0.530. The highest BCUT2D eigenvalue weighted by Crippen LogP contribution is 2.46. The minimum absolute atomic E-state index is 0.0156. The Labute approximate surface area is 54.8 Å². The van der Waals surface area contributed by atoms with Crippen molar-refractivity contribution in [3.63, 3.8) is 0 Å². The van der Waals surface area contributed by atoms with Crippen LogP contribution in [0, 0.1) is 5.41 Å². The summed E-state index contributed by atoms with van der Waals surface area (Å²) in [7, 11) is 0. The molecule has 50 valence electrons. The number of nitrogens with zero attached hydrogens (tertiary/aromatic N) is 1. The van der Waals surface area contributed by atoms with E-state index < -0.39 is 0 Å². The van der Waals surface area contributed by atoms with Gasteiger partial charge in [0, 0.05) is 12.6 Å². The van der Waals surface area contributed by atoms with E-state index >= 15 is 0 Å². The van der Waals surface area contributed by atoms with Crippen molar-refractivity contribution in [1.82, 2.24) is 4.90 Å². The third-order valence-electron chi connectivity index (χ3n) is 2.66. The summed E-state index contributed by atoms with van der Waals surface area (Å²) in [5.41, 5.74) is -0.0156. The van der Waals surface area contributed by atoms with Crippen molar-refractivity contribution in [3.8, 4) is 0 Å². The molecule has 0 N–H and O–H groups in total. The van der Waals surface area contributed by atoms with E-state index in [9.17, 15) is 4.79 Å². The lowest BCUT2D eigenvalue weighted by atomic mass is 9.67. The van der Waals surface area contributed by atoms with Crippen molar-refractivity contribution >= 4 is 5.91 Å².